The number of aromatic nitrogens is 1. The van der Waals surface area contributed by atoms with E-state index in [1.165, 1.54) is 17.0 Å². The molecule has 1 aromatic rings. The highest BCUT2D eigenvalue weighted by atomic mass is 35.5. The van der Waals surface area contributed by atoms with Crippen molar-refractivity contribution in [3.8, 4) is 6.07 Å². The predicted molar refractivity (Wildman–Crippen MR) is 65.5 cm³/mol. The van der Waals surface area contributed by atoms with Crippen molar-refractivity contribution < 1.29 is 9.53 Å². The maximum absolute atomic E-state index is 12.2. The Hall–Kier alpha value is -1.35. The van der Waals surface area contributed by atoms with Crippen LogP contribution in [0.1, 0.15) is 10.4 Å². The maximum Gasteiger partial charge on any atom is 0.257 e. The van der Waals surface area contributed by atoms with Crippen LogP contribution in [-0.2, 0) is 4.74 Å². The molecule has 0 bridgehead atoms. The molecule has 1 amide bonds. The molecule has 94 valence electrons. The van der Waals surface area contributed by atoms with Crippen LogP contribution in [0.15, 0.2) is 12.1 Å². The first kappa shape index (κ1) is 13.1. The molecule has 0 saturated carbocycles. The number of rotatable bonds is 1. The Morgan fingerprint density at radius 2 is 2.33 bits per heavy atom. The van der Waals surface area contributed by atoms with Crippen LogP contribution < -0.4 is 0 Å². The van der Waals surface area contributed by atoms with Gasteiger partial charge in [0.1, 0.15) is 10.3 Å². The fraction of sp³-hybridized carbons (Fsp3) is 0.364. The first-order chi connectivity index (χ1) is 8.61. The number of nitrogens with zero attached hydrogens (tertiary/aromatic N) is 3. The lowest BCUT2D eigenvalue weighted by molar-refractivity contribution is 0.00345. The highest BCUT2D eigenvalue weighted by Gasteiger charge is 2.26. The zero-order chi connectivity index (χ0) is 13.1. The van der Waals surface area contributed by atoms with Crippen molar-refractivity contribution in [1.82, 2.24) is 9.88 Å². The molecule has 0 N–H and O–H groups in total. The third-order valence-electron chi connectivity index (χ3n) is 2.54. The first-order valence-corrected chi connectivity index (χ1v) is 6.00. The Kier molecular flexibility index (Phi) is 4.02. The monoisotopic (exact) mass is 285 g/mol. The van der Waals surface area contributed by atoms with E-state index < -0.39 is 6.10 Å². The molecule has 0 radical (unpaired) electrons. The van der Waals surface area contributed by atoms with Crippen LogP contribution in [0.25, 0.3) is 0 Å². The minimum Gasteiger partial charge on any atom is -0.360 e. The molecule has 7 heteroatoms. The Balaban J connectivity index is 2.18. The normalized spacial score (nSPS) is 19.4. The van der Waals surface area contributed by atoms with Gasteiger partial charge in [0.05, 0.1) is 24.8 Å². The molecular weight excluding hydrogens is 277 g/mol. The largest absolute Gasteiger partial charge is 0.360 e. The fourth-order valence-corrected chi connectivity index (χ4v) is 2.08. The molecule has 1 saturated heterocycles. The fourth-order valence-electron chi connectivity index (χ4n) is 1.65. The zero-order valence-electron chi connectivity index (χ0n) is 9.27. The van der Waals surface area contributed by atoms with E-state index >= 15 is 0 Å². The van der Waals surface area contributed by atoms with Crippen LogP contribution in [-0.4, -0.2) is 41.6 Å². The van der Waals surface area contributed by atoms with Gasteiger partial charge < -0.3 is 9.64 Å². The van der Waals surface area contributed by atoms with Gasteiger partial charge in [0.15, 0.2) is 6.10 Å². The van der Waals surface area contributed by atoms with Gasteiger partial charge in [-0.25, -0.2) is 4.98 Å². The minimum atomic E-state index is -0.596. The number of amides is 1. The van der Waals surface area contributed by atoms with Crippen LogP contribution in [0.2, 0.25) is 10.3 Å². The molecule has 2 rings (SSSR count). The number of carbonyl (C=O) groups is 1. The average Bonchev–Trinajstić information content (AvgIpc) is 2.38. The van der Waals surface area contributed by atoms with E-state index in [-0.39, 0.29) is 28.3 Å². The van der Waals surface area contributed by atoms with Crippen LogP contribution in [0.5, 0.6) is 0 Å². The molecular formula is C11H9Cl2N3O2. The van der Waals surface area contributed by atoms with Crippen molar-refractivity contribution in [2.75, 3.05) is 19.7 Å². The summed E-state index contributed by atoms with van der Waals surface area (Å²) in [5.41, 5.74) is 0.277. The first-order valence-electron chi connectivity index (χ1n) is 5.24. The smallest absolute Gasteiger partial charge is 0.257 e. The number of carbonyl (C=O) groups excluding carboxylic acids is 1. The summed E-state index contributed by atoms with van der Waals surface area (Å²) >= 11 is 11.5. The Morgan fingerprint density at radius 3 is 3.00 bits per heavy atom. The summed E-state index contributed by atoms with van der Waals surface area (Å²) in [4.78, 5) is 17.5. The summed E-state index contributed by atoms with van der Waals surface area (Å²) in [7, 11) is 0. The van der Waals surface area contributed by atoms with Crippen molar-refractivity contribution in [2.45, 2.75) is 6.10 Å². The van der Waals surface area contributed by atoms with Crippen LogP contribution in [0.3, 0.4) is 0 Å². The number of pyridine rings is 1. The maximum atomic E-state index is 12.2. The van der Waals surface area contributed by atoms with Crippen LogP contribution >= 0.6 is 23.2 Å². The van der Waals surface area contributed by atoms with Gasteiger partial charge in [-0.1, -0.05) is 23.2 Å². The minimum absolute atomic E-state index is 0.0625. The van der Waals surface area contributed by atoms with E-state index in [1.807, 2.05) is 6.07 Å². The molecule has 2 heterocycles. The summed E-state index contributed by atoms with van der Waals surface area (Å²) in [6.45, 7) is 0.993. The Labute approximate surface area is 114 Å². The number of hydrogen-bond donors (Lipinski definition) is 0. The summed E-state index contributed by atoms with van der Waals surface area (Å²) in [6, 6.07) is 5.01. The van der Waals surface area contributed by atoms with E-state index in [4.69, 9.17) is 33.2 Å². The summed E-state index contributed by atoms with van der Waals surface area (Å²) in [5.74, 6) is -0.271. The Bertz CT molecular complexity index is 516. The van der Waals surface area contributed by atoms with Crippen molar-refractivity contribution >= 4 is 29.1 Å². The second-order valence-electron chi connectivity index (χ2n) is 3.71. The van der Waals surface area contributed by atoms with Crippen molar-refractivity contribution in [1.29, 1.82) is 5.26 Å². The summed E-state index contributed by atoms with van der Waals surface area (Å²) in [6.07, 6.45) is -0.596. The van der Waals surface area contributed by atoms with E-state index in [0.29, 0.717) is 13.2 Å². The van der Waals surface area contributed by atoms with Crippen molar-refractivity contribution in [3.05, 3.63) is 28.0 Å². The molecule has 5 nitrogen and oxygen atoms in total. The van der Waals surface area contributed by atoms with Gasteiger partial charge in [0.25, 0.3) is 5.91 Å². The molecule has 1 atom stereocenters. The van der Waals surface area contributed by atoms with Gasteiger partial charge in [-0.2, -0.15) is 5.26 Å². The SMILES string of the molecule is N#CC1CN(C(=O)c2ccc(Cl)nc2Cl)CCO1. The van der Waals surface area contributed by atoms with Gasteiger partial charge in [0.2, 0.25) is 0 Å². The van der Waals surface area contributed by atoms with E-state index in [2.05, 4.69) is 4.98 Å². The van der Waals surface area contributed by atoms with Gasteiger partial charge in [-0.15, -0.1) is 0 Å². The highest BCUT2D eigenvalue weighted by molar-refractivity contribution is 6.34. The van der Waals surface area contributed by atoms with Gasteiger partial charge in [0, 0.05) is 6.54 Å². The number of nitriles is 1. The van der Waals surface area contributed by atoms with E-state index in [1.54, 1.807) is 0 Å². The molecule has 1 aliphatic rings. The molecule has 1 aromatic heterocycles. The molecule has 1 unspecified atom stereocenters. The number of ether oxygens (including phenoxy) is 1. The number of hydrogen-bond acceptors (Lipinski definition) is 4. The van der Waals surface area contributed by atoms with Gasteiger partial charge in [-0.05, 0) is 12.1 Å². The lowest BCUT2D eigenvalue weighted by Crippen LogP contribution is -2.45. The average molecular weight is 286 g/mol. The number of morpholine rings is 1. The predicted octanol–water partition coefficient (Wildman–Crippen LogP) is 1.75. The second-order valence-corrected chi connectivity index (χ2v) is 4.46. The number of halogens is 2. The molecule has 0 aromatic carbocycles. The molecule has 0 aliphatic carbocycles. The lowest BCUT2D eigenvalue weighted by atomic mass is 10.2. The van der Waals surface area contributed by atoms with E-state index in [9.17, 15) is 4.79 Å². The molecule has 18 heavy (non-hydrogen) atoms. The molecule has 1 aliphatic heterocycles. The Morgan fingerprint density at radius 1 is 1.56 bits per heavy atom. The third kappa shape index (κ3) is 2.72. The quantitative estimate of drug-likeness (QED) is 0.738. The molecule has 1 fully saturated rings. The van der Waals surface area contributed by atoms with Gasteiger partial charge >= 0.3 is 0 Å². The van der Waals surface area contributed by atoms with Gasteiger partial charge in [-0.3, -0.25) is 4.79 Å². The molecule has 0 spiro atoms. The highest BCUT2D eigenvalue weighted by Crippen LogP contribution is 2.19. The van der Waals surface area contributed by atoms with Crippen LogP contribution in [0.4, 0.5) is 0 Å². The zero-order valence-corrected chi connectivity index (χ0v) is 10.8. The van der Waals surface area contributed by atoms with Crippen molar-refractivity contribution in [2.24, 2.45) is 0 Å². The topological polar surface area (TPSA) is 66.2 Å². The van der Waals surface area contributed by atoms with E-state index in [0.717, 1.165) is 0 Å². The van der Waals surface area contributed by atoms with Crippen molar-refractivity contribution in [3.63, 3.8) is 0 Å². The lowest BCUT2D eigenvalue weighted by Gasteiger charge is -2.29. The van der Waals surface area contributed by atoms with Crippen LogP contribution in [0, 0.1) is 11.3 Å². The standard InChI is InChI=1S/C11H9Cl2N3O2/c12-9-2-1-8(10(13)15-9)11(17)16-3-4-18-7(5-14)6-16/h1-2,7H,3-4,6H2. The third-order valence-corrected chi connectivity index (χ3v) is 3.04. The summed E-state index contributed by atoms with van der Waals surface area (Å²) in [5, 5.41) is 9.08. The second kappa shape index (κ2) is 5.53. The summed E-state index contributed by atoms with van der Waals surface area (Å²) < 4.78 is 5.17.